The molecular weight excluding hydrogens is 200 g/mol. The molecule has 1 aromatic rings. The lowest BCUT2D eigenvalue weighted by Crippen LogP contribution is -2.41. The molecule has 3 N–H and O–H groups in total. The van der Waals surface area contributed by atoms with E-state index < -0.39 is 0 Å². The van der Waals surface area contributed by atoms with Crippen LogP contribution in [0.2, 0.25) is 0 Å². The highest BCUT2D eigenvalue weighted by Crippen LogP contribution is 2.19. The molecule has 0 radical (unpaired) electrons. The Kier molecular flexibility index (Phi) is 3.29. The summed E-state index contributed by atoms with van der Waals surface area (Å²) in [7, 11) is 1.70. The zero-order valence-electron chi connectivity index (χ0n) is 9.56. The average molecular weight is 218 g/mol. The quantitative estimate of drug-likeness (QED) is 0.570. The van der Waals surface area contributed by atoms with Crippen LogP contribution in [0.15, 0.2) is 35.3 Å². The van der Waals surface area contributed by atoms with Gasteiger partial charge in [-0.3, -0.25) is 4.99 Å². The molecule has 1 aliphatic heterocycles. The van der Waals surface area contributed by atoms with Crippen molar-refractivity contribution in [2.45, 2.75) is 12.5 Å². The summed E-state index contributed by atoms with van der Waals surface area (Å²) in [6, 6.07) is 10.9. The van der Waals surface area contributed by atoms with Crippen molar-refractivity contribution in [3.8, 4) is 0 Å². The van der Waals surface area contributed by atoms with Crippen molar-refractivity contribution in [3.63, 3.8) is 0 Å². The maximum atomic E-state index is 5.66. The van der Waals surface area contributed by atoms with Crippen molar-refractivity contribution >= 4 is 11.6 Å². The van der Waals surface area contributed by atoms with Crippen LogP contribution in [0.25, 0.3) is 0 Å². The zero-order chi connectivity index (χ0) is 11.4. The highest BCUT2D eigenvalue weighted by molar-refractivity contribution is 5.78. The molecule has 2 rings (SSSR count). The van der Waals surface area contributed by atoms with Crippen LogP contribution >= 0.6 is 0 Å². The monoisotopic (exact) mass is 218 g/mol. The summed E-state index contributed by atoms with van der Waals surface area (Å²) in [6.07, 6.45) is 1.10. The van der Waals surface area contributed by atoms with Gasteiger partial charge in [-0.1, -0.05) is 18.2 Å². The van der Waals surface area contributed by atoms with Crippen LogP contribution in [0.4, 0.5) is 5.69 Å². The first kappa shape index (κ1) is 10.8. The summed E-state index contributed by atoms with van der Waals surface area (Å²) in [5.41, 5.74) is 6.93. The fraction of sp³-hybridized carbons (Fsp3) is 0.417. The average Bonchev–Trinajstić information content (AvgIpc) is 2.78. The van der Waals surface area contributed by atoms with Crippen molar-refractivity contribution in [2.24, 2.45) is 10.7 Å². The van der Waals surface area contributed by atoms with Crippen LogP contribution in [-0.4, -0.2) is 32.1 Å². The summed E-state index contributed by atoms with van der Waals surface area (Å²) in [5, 5.41) is 3.21. The van der Waals surface area contributed by atoms with Crippen LogP contribution in [0.5, 0.6) is 0 Å². The number of nitrogens with zero attached hydrogens (tertiary/aromatic N) is 2. The summed E-state index contributed by atoms with van der Waals surface area (Å²) >= 11 is 0. The van der Waals surface area contributed by atoms with Crippen molar-refractivity contribution in [3.05, 3.63) is 30.3 Å². The molecule has 0 bridgehead atoms. The van der Waals surface area contributed by atoms with Gasteiger partial charge in [0.05, 0.1) is 0 Å². The highest BCUT2D eigenvalue weighted by atomic mass is 15.2. The minimum atomic E-state index is 0.406. The van der Waals surface area contributed by atoms with Crippen molar-refractivity contribution in [2.75, 3.05) is 25.0 Å². The van der Waals surface area contributed by atoms with E-state index in [1.165, 1.54) is 5.69 Å². The van der Waals surface area contributed by atoms with Crippen LogP contribution in [-0.2, 0) is 0 Å². The van der Waals surface area contributed by atoms with Crippen molar-refractivity contribution in [1.29, 1.82) is 0 Å². The van der Waals surface area contributed by atoms with Crippen molar-refractivity contribution < 1.29 is 0 Å². The Labute approximate surface area is 96.2 Å². The third-order valence-electron chi connectivity index (χ3n) is 2.90. The van der Waals surface area contributed by atoms with Crippen LogP contribution in [0, 0.1) is 0 Å². The number of aliphatic imine (C=N–C) groups is 1. The van der Waals surface area contributed by atoms with E-state index in [0.717, 1.165) is 19.5 Å². The molecule has 1 saturated heterocycles. The smallest absolute Gasteiger partial charge is 0.188 e. The molecule has 1 heterocycles. The molecule has 4 nitrogen and oxygen atoms in total. The molecule has 16 heavy (non-hydrogen) atoms. The number of anilines is 1. The second-order valence-electron chi connectivity index (χ2n) is 4.02. The summed E-state index contributed by atoms with van der Waals surface area (Å²) in [5.74, 6) is 0.528. The molecule has 0 aliphatic carbocycles. The lowest BCUT2D eigenvalue weighted by atomic mass is 10.3. The van der Waals surface area contributed by atoms with Gasteiger partial charge in [-0.15, -0.1) is 0 Å². The van der Waals surface area contributed by atoms with E-state index in [2.05, 4.69) is 39.5 Å². The van der Waals surface area contributed by atoms with Gasteiger partial charge in [0.15, 0.2) is 5.96 Å². The Balaban J connectivity index is 1.94. The number of para-hydroxylation sites is 1. The first-order chi connectivity index (χ1) is 7.79. The second-order valence-corrected chi connectivity index (χ2v) is 4.02. The van der Waals surface area contributed by atoms with E-state index in [1.807, 2.05) is 6.07 Å². The predicted molar refractivity (Wildman–Crippen MR) is 67.7 cm³/mol. The number of rotatable bonds is 2. The lowest BCUT2D eigenvalue weighted by Gasteiger charge is -2.19. The van der Waals surface area contributed by atoms with Gasteiger partial charge in [0.25, 0.3) is 0 Å². The van der Waals surface area contributed by atoms with Gasteiger partial charge >= 0.3 is 0 Å². The molecule has 1 atom stereocenters. The molecule has 0 aromatic heterocycles. The van der Waals surface area contributed by atoms with Gasteiger partial charge in [-0.2, -0.15) is 0 Å². The lowest BCUT2D eigenvalue weighted by molar-refractivity contribution is 0.666. The molecule has 86 valence electrons. The maximum absolute atomic E-state index is 5.66. The maximum Gasteiger partial charge on any atom is 0.188 e. The molecular formula is C12H18N4. The molecule has 1 fully saturated rings. The van der Waals surface area contributed by atoms with Gasteiger partial charge < -0.3 is 16.0 Å². The molecule has 4 heteroatoms. The Bertz CT molecular complexity index is 361. The largest absolute Gasteiger partial charge is 0.370 e. The van der Waals surface area contributed by atoms with E-state index in [-0.39, 0.29) is 0 Å². The summed E-state index contributed by atoms with van der Waals surface area (Å²) in [6.45, 7) is 2.05. The third kappa shape index (κ3) is 2.45. The van der Waals surface area contributed by atoms with Gasteiger partial charge in [0.2, 0.25) is 0 Å². The molecule has 1 unspecified atom stereocenters. The van der Waals surface area contributed by atoms with Crippen LogP contribution in [0.1, 0.15) is 6.42 Å². The topological polar surface area (TPSA) is 53.6 Å². The fourth-order valence-electron chi connectivity index (χ4n) is 2.03. The van der Waals surface area contributed by atoms with Gasteiger partial charge in [0.1, 0.15) is 0 Å². The highest BCUT2D eigenvalue weighted by Gasteiger charge is 2.22. The summed E-state index contributed by atoms with van der Waals surface area (Å²) < 4.78 is 0. The van der Waals surface area contributed by atoms with Gasteiger partial charge in [-0.25, -0.2) is 0 Å². The second kappa shape index (κ2) is 4.88. The van der Waals surface area contributed by atoms with E-state index in [9.17, 15) is 0 Å². The number of nitrogens with two attached hydrogens (primary N) is 1. The summed E-state index contributed by atoms with van der Waals surface area (Å²) in [4.78, 5) is 6.28. The molecule has 1 aliphatic rings. The van der Waals surface area contributed by atoms with E-state index in [1.54, 1.807) is 7.05 Å². The first-order valence-electron chi connectivity index (χ1n) is 5.58. The third-order valence-corrected chi connectivity index (χ3v) is 2.90. The number of benzene rings is 1. The SMILES string of the molecule is CN=C(N)NC1CCN(c2ccccc2)C1. The fourth-order valence-corrected chi connectivity index (χ4v) is 2.03. The Morgan fingerprint density at radius 2 is 2.19 bits per heavy atom. The molecule has 0 spiro atoms. The minimum absolute atomic E-state index is 0.406. The van der Waals surface area contributed by atoms with Gasteiger partial charge in [0, 0.05) is 31.9 Å². The minimum Gasteiger partial charge on any atom is -0.370 e. The van der Waals surface area contributed by atoms with E-state index in [0.29, 0.717) is 12.0 Å². The Morgan fingerprint density at radius 3 is 2.88 bits per heavy atom. The molecule has 0 saturated carbocycles. The number of hydrogen-bond donors (Lipinski definition) is 2. The number of nitrogens with one attached hydrogen (secondary N) is 1. The normalized spacial score (nSPS) is 21.2. The molecule has 0 amide bonds. The standard InChI is InChI=1S/C12H18N4/c1-14-12(13)15-10-7-8-16(9-10)11-5-3-2-4-6-11/h2-6,10H,7-9H2,1H3,(H3,13,14,15). The Hall–Kier alpha value is -1.71. The van der Waals surface area contributed by atoms with Crippen LogP contribution < -0.4 is 16.0 Å². The van der Waals surface area contributed by atoms with E-state index in [4.69, 9.17) is 5.73 Å². The van der Waals surface area contributed by atoms with Crippen molar-refractivity contribution in [1.82, 2.24) is 5.32 Å². The van der Waals surface area contributed by atoms with E-state index >= 15 is 0 Å². The zero-order valence-corrected chi connectivity index (χ0v) is 9.56. The Morgan fingerprint density at radius 1 is 1.44 bits per heavy atom. The number of hydrogen-bond acceptors (Lipinski definition) is 2. The predicted octanol–water partition coefficient (Wildman–Crippen LogP) is 0.799. The van der Waals surface area contributed by atoms with Gasteiger partial charge in [-0.05, 0) is 18.6 Å². The molecule has 1 aromatic carbocycles. The van der Waals surface area contributed by atoms with Crippen LogP contribution in [0.3, 0.4) is 0 Å². The number of guanidine groups is 1. The first-order valence-corrected chi connectivity index (χ1v) is 5.58.